The normalized spacial score (nSPS) is 22.4. The van der Waals surface area contributed by atoms with Crippen LogP contribution >= 0.6 is 0 Å². The fourth-order valence-electron chi connectivity index (χ4n) is 1.90. The Morgan fingerprint density at radius 2 is 2.36 bits per heavy atom. The molecule has 1 aliphatic heterocycles. The number of nitrogens with one attached hydrogen (secondary N) is 1. The summed E-state index contributed by atoms with van der Waals surface area (Å²) in [6.45, 7) is 5.22. The summed E-state index contributed by atoms with van der Waals surface area (Å²) in [5, 5.41) is 12.7. The van der Waals surface area contributed by atoms with E-state index in [0.717, 1.165) is 25.3 Å². The van der Waals surface area contributed by atoms with Gasteiger partial charge in [0.2, 0.25) is 0 Å². The molecule has 0 radical (unpaired) electrons. The van der Waals surface area contributed by atoms with Crippen LogP contribution in [0.25, 0.3) is 0 Å². The summed E-state index contributed by atoms with van der Waals surface area (Å²) in [5.41, 5.74) is 1.11. The molecule has 2 rings (SSSR count). The van der Waals surface area contributed by atoms with E-state index in [1.807, 2.05) is 18.2 Å². The summed E-state index contributed by atoms with van der Waals surface area (Å²) in [7, 11) is 0. The Labute approximate surface area is 84.4 Å². The molecule has 1 unspecified atom stereocenters. The molecule has 1 aliphatic rings. The molecule has 76 valence electrons. The van der Waals surface area contributed by atoms with Crippen molar-refractivity contribution in [2.75, 3.05) is 24.5 Å². The Hall–Kier alpha value is -1.22. The third-order valence-electron chi connectivity index (χ3n) is 2.66. The zero-order valence-corrected chi connectivity index (χ0v) is 8.40. The Morgan fingerprint density at radius 3 is 3.07 bits per heavy atom. The first kappa shape index (κ1) is 9.34. The average molecular weight is 192 g/mol. The van der Waals surface area contributed by atoms with E-state index in [2.05, 4.69) is 17.1 Å². The third kappa shape index (κ3) is 1.82. The maximum atomic E-state index is 9.39. The van der Waals surface area contributed by atoms with Crippen molar-refractivity contribution in [1.82, 2.24) is 5.32 Å². The zero-order chi connectivity index (χ0) is 9.97. The van der Waals surface area contributed by atoms with Crippen LogP contribution in [0.15, 0.2) is 24.3 Å². The molecule has 0 bridgehead atoms. The Balaban J connectivity index is 2.20. The largest absolute Gasteiger partial charge is 0.508 e. The molecule has 2 N–H and O–H groups in total. The number of hydrogen-bond acceptors (Lipinski definition) is 3. The predicted octanol–water partition coefficient (Wildman–Crippen LogP) is 1.19. The first-order valence-corrected chi connectivity index (χ1v) is 5.04. The highest BCUT2D eigenvalue weighted by atomic mass is 16.3. The van der Waals surface area contributed by atoms with Gasteiger partial charge >= 0.3 is 0 Å². The van der Waals surface area contributed by atoms with Gasteiger partial charge in [0.05, 0.1) is 0 Å². The molecule has 1 fully saturated rings. The highest BCUT2D eigenvalue weighted by Gasteiger charge is 2.17. The lowest BCUT2D eigenvalue weighted by Gasteiger charge is -2.35. The third-order valence-corrected chi connectivity index (χ3v) is 2.66. The van der Waals surface area contributed by atoms with E-state index < -0.39 is 0 Å². The van der Waals surface area contributed by atoms with Crippen LogP contribution in [-0.4, -0.2) is 30.8 Å². The lowest BCUT2D eigenvalue weighted by molar-refractivity contribution is 0.472. The van der Waals surface area contributed by atoms with Gasteiger partial charge in [-0.3, -0.25) is 0 Å². The van der Waals surface area contributed by atoms with Crippen LogP contribution in [0.1, 0.15) is 6.92 Å². The highest BCUT2D eigenvalue weighted by molar-refractivity contribution is 5.51. The summed E-state index contributed by atoms with van der Waals surface area (Å²) in [6.07, 6.45) is 0. The van der Waals surface area contributed by atoms with E-state index in [0.29, 0.717) is 11.8 Å². The van der Waals surface area contributed by atoms with Crippen LogP contribution < -0.4 is 10.2 Å². The molecule has 1 atom stereocenters. The first-order chi connectivity index (χ1) is 6.77. The van der Waals surface area contributed by atoms with Crippen LogP contribution in [0.5, 0.6) is 5.75 Å². The number of piperazine rings is 1. The number of phenolic OH excluding ortho intramolecular Hbond substituents is 1. The van der Waals surface area contributed by atoms with Gasteiger partial charge in [0, 0.05) is 37.4 Å². The van der Waals surface area contributed by atoms with Crippen LogP contribution in [0.2, 0.25) is 0 Å². The lowest BCUT2D eigenvalue weighted by Crippen LogP contribution is -2.49. The van der Waals surface area contributed by atoms with E-state index in [9.17, 15) is 5.11 Å². The second-order valence-corrected chi connectivity index (χ2v) is 3.77. The molecule has 3 heteroatoms. The minimum Gasteiger partial charge on any atom is -0.508 e. The maximum absolute atomic E-state index is 9.39. The summed E-state index contributed by atoms with van der Waals surface area (Å²) >= 11 is 0. The average Bonchev–Trinajstić information content (AvgIpc) is 2.18. The molecule has 1 aromatic carbocycles. The number of phenols is 1. The molecule has 0 aliphatic carbocycles. The van der Waals surface area contributed by atoms with Gasteiger partial charge in [-0.1, -0.05) is 6.07 Å². The van der Waals surface area contributed by atoms with Gasteiger partial charge in [0.15, 0.2) is 0 Å². The summed E-state index contributed by atoms with van der Waals surface area (Å²) in [6, 6.07) is 7.95. The quantitative estimate of drug-likeness (QED) is 0.701. The minimum absolute atomic E-state index is 0.341. The monoisotopic (exact) mass is 192 g/mol. The summed E-state index contributed by atoms with van der Waals surface area (Å²) < 4.78 is 0. The Morgan fingerprint density at radius 1 is 1.50 bits per heavy atom. The number of aromatic hydroxyl groups is 1. The molecule has 1 heterocycles. The van der Waals surface area contributed by atoms with Crippen molar-refractivity contribution in [2.24, 2.45) is 0 Å². The van der Waals surface area contributed by atoms with Crippen molar-refractivity contribution in [1.29, 1.82) is 0 Å². The fourth-order valence-corrected chi connectivity index (χ4v) is 1.90. The van der Waals surface area contributed by atoms with Gasteiger partial charge in [-0.2, -0.15) is 0 Å². The van der Waals surface area contributed by atoms with E-state index in [-0.39, 0.29) is 0 Å². The molecular formula is C11H16N2O. The van der Waals surface area contributed by atoms with E-state index in [1.54, 1.807) is 6.07 Å². The van der Waals surface area contributed by atoms with E-state index in [4.69, 9.17) is 0 Å². The molecule has 1 saturated heterocycles. The number of anilines is 1. The maximum Gasteiger partial charge on any atom is 0.117 e. The standard InChI is InChI=1S/C11H16N2O/c1-9-8-12-5-6-13(9)10-3-2-4-11(14)7-10/h2-4,7,9,12,14H,5-6,8H2,1H3. The molecule has 0 spiro atoms. The van der Waals surface area contributed by atoms with Crippen LogP contribution in [0.3, 0.4) is 0 Å². The summed E-state index contributed by atoms with van der Waals surface area (Å²) in [5.74, 6) is 0.341. The van der Waals surface area contributed by atoms with Crippen LogP contribution in [-0.2, 0) is 0 Å². The van der Waals surface area contributed by atoms with Crippen molar-refractivity contribution in [2.45, 2.75) is 13.0 Å². The molecule has 3 nitrogen and oxygen atoms in total. The molecule has 1 aromatic rings. The predicted molar refractivity (Wildman–Crippen MR) is 57.8 cm³/mol. The number of rotatable bonds is 1. The molecule has 0 amide bonds. The van der Waals surface area contributed by atoms with Gasteiger partial charge in [0.1, 0.15) is 5.75 Å². The van der Waals surface area contributed by atoms with Crippen molar-refractivity contribution in [3.63, 3.8) is 0 Å². The second kappa shape index (κ2) is 3.88. The van der Waals surface area contributed by atoms with Gasteiger partial charge in [-0.15, -0.1) is 0 Å². The molecule has 0 saturated carbocycles. The second-order valence-electron chi connectivity index (χ2n) is 3.77. The van der Waals surface area contributed by atoms with E-state index in [1.165, 1.54) is 0 Å². The van der Waals surface area contributed by atoms with Crippen molar-refractivity contribution < 1.29 is 5.11 Å². The smallest absolute Gasteiger partial charge is 0.117 e. The fraction of sp³-hybridized carbons (Fsp3) is 0.455. The van der Waals surface area contributed by atoms with E-state index >= 15 is 0 Å². The number of hydrogen-bond donors (Lipinski definition) is 2. The zero-order valence-electron chi connectivity index (χ0n) is 8.40. The topological polar surface area (TPSA) is 35.5 Å². The van der Waals surface area contributed by atoms with Crippen LogP contribution in [0.4, 0.5) is 5.69 Å². The van der Waals surface area contributed by atoms with Crippen molar-refractivity contribution in [3.05, 3.63) is 24.3 Å². The first-order valence-electron chi connectivity index (χ1n) is 5.04. The SMILES string of the molecule is CC1CNCCN1c1cccc(O)c1. The molecular weight excluding hydrogens is 176 g/mol. The molecule has 14 heavy (non-hydrogen) atoms. The number of nitrogens with zero attached hydrogens (tertiary/aromatic N) is 1. The van der Waals surface area contributed by atoms with Gasteiger partial charge in [-0.25, -0.2) is 0 Å². The van der Waals surface area contributed by atoms with Crippen molar-refractivity contribution >= 4 is 5.69 Å². The van der Waals surface area contributed by atoms with Crippen molar-refractivity contribution in [3.8, 4) is 5.75 Å². The summed E-state index contributed by atoms with van der Waals surface area (Å²) in [4.78, 5) is 2.32. The van der Waals surface area contributed by atoms with Crippen LogP contribution in [0, 0.1) is 0 Å². The number of benzene rings is 1. The van der Waals surface area contributed by atoms with Gasteiger partial charge < -0.3 is 15.3 Å². The van der Waals surface area contributed by atoms with Gasteiger partial charge in [0.25, 0.3) is 0 Å². The Kier molecular flexibility index (Phi) is 2.59. The lowest BCUT2D eigenvalue weighted by atomic mass is 10.2. The highest BCUT2D eigenvalue weighted by Crippen LogP contribution is 2.22. The van der Waals surface area contributed by atoms with Gasteiger partial charge in [-0.05, 0) is 19.1 Å². The minimum atomic E-state index is 0.341. The Bertz CT molecular complexity index is 314. The molecule has 0 aromatic heterocycles.